The summed E-state index contributed by atoms with van der Waals surface area (Å²) < 4.78 is 5.21. The van der Waals surface area contributed by atoms with Gasteiger partial charge in [-0.05, 0) is 24.1 Å². The maximum atomic E-state index is 12.6. The van der Waals surface area contributed by atoms with Crippen LogP contribution in [0.15, 0.2) is 30.5 Å². The molecule has 0 aliphatic carbocycles. The summed E-state index contributed by atoms with van der Waals surface area (Å²) in [5.41, 5.74) is 1.82. The molecule has 0 radical (unpaired) electrons. The highest BCUT2D eigenvalue weighted by Crippen LogP contribution is 2.26. The van der Waals surface area contributed by atoms with E-state index in [0.717, 1.165) is 35.8 Å². The van der Waals surface area contributed by atoms with Crippen molar-refractivity contribution >= 4 is 11.8 Å². The van der Waals surface area contributed by atoms with Crippen LogP contribution < -0.4 is 10.1 Å². The molecule has 138 valence electrons. The molecule has 2 heterocycles. The molecule has 7 nitrogen and oxygen atoms in total. The lowest BCUT2D eigenvalue weighted by Gasteiger charge is -2.16. The number of likely N-dealkylation sites (tertiary alicyclic amines) is 1. The molecule has 0 saturated carbocycles. The SMILES string of the molecule is COc1cccc(CC(=O)N2CCC(c3ncc(CNC(C)=O)[nH]3)C2)c1. The quantitative estimate of drug-likeness (QED) is 0.823. The van der Waals surface area contributed by atoms with Gasteiger partial charge in [-0.25, -0.2) is 4.98 Å². The summed E-state index contributed by atoms with van der Waals surface area (Å²) in [5, 5.41) is 2.74. The van der Waals surface area contributed by atoms with Crippen LogP contribution in [0.5, 0.6) is 5.75 Å². The number of methoxy groups -OCH3 is 1. The lowest BCUT2D eigenvalue weighted by atomic mass is 10.1. The van der Waals surface area contributed by atoms with E-state index >= 15 is 0 Å². The Morgan fingerprint density at radius 3 is 3.04 bits per heavy atom. The second-order valence-corrected chi connectivity index (χ2v) is 6.56. The summed E-state index contributed by atoms with van der Waals surface area (Å²) in [7, 11) is 1.62. The highest BCUT2D eigenvalue weighted by atomic mass is 16.5. The van der Waals surface area contributed by atoms with Crippen LogP contribution in [0.2, 0.25) is 0 Å². The first-order valence-electron chi connectivity index (χ1n) is 8.74. The molecule has 1 fully saturated rings. The summed E-state index contributed by atoms with van der Waals surface area (Å²) in [5.74, 6) is 1.89. The zero-order chi connectivity index (χ0) is 18.5. The van der Waals surface area contributed by atoms with Gasteiger partial charge in [0, 0.05) is 25.9 Å². The van der Waals surface area contributed by atoms with Gasteiger partial charge in [0.2, 0.25) is 11.8 Å². The topological polar surface area (TPSA) is 87.3 Å². The van der Waals surface area contributed by atoms with E-state index in [1.807, 2.05) is 29.2 Å². The van der Waals surface area contributed by atoms with Crippen LogP contribution in [0.1, 0.15) is 36.3 Å². The molecule has 1 atom stereocenters. The number of hydrogen-bond acceptors (Lipinski definition) is 4. The highest BCUT2D eigenvalue weighted by molar-refractivity contribution is 5.79. The summed E-state index contributed by atoms with van der Waals surface area (Å²) in [6, 6.07) is 7.60. The number of nitrogens with zero attached hydrogens (tertiary/aromatic N) is 2. The largest absolute Gasteiger partial charge is 0.497 e. The van der Waals surface area contributed by atoms with Crippen molar-refractivity contribution in [2.24, 2.45) is 0 Å². The van der Waals surface area contributed by atoms with Crippen LogP contribution in [0.3, 0.4) is 0 Å². The van der Waals surface area contributed by atoms with E-state index in [1.54, 1.807) is 13.3 Å². The van der Waals surface area contributed by atoms with Gasteiger partial charge in [0.15, 0.2) is 0 Å². The fourth-order valence-corrected chi connectivity index (χ4v) is 3.17. The number of amides is 2. The van der Waals surface area contributed by atoms with Crippen LogP contribution >= 0.6 is 0 Å². The highest BCUT2D eigenvalue weighted by Gasteiger charge is 2.29. The van der Waals surface area contributed by atoms with Gasteiger partial charge < -0.3 is 19.9 Å². The number of rotatable bonds is 6. The number of carbonyl (C=O) groups is 2. The monoisotopic (exact) mass is 356 g/mol. The lowest BCUT2D eigenvalue weighted by molar-refractivity contribution is -0.129. The number of H-pyrrole nitrogens is 1. The Morgan fingerprint density at radius 2 is 2.27 bits per heavy atom. The number of carbonyl (C=O) groups excluding carboxylic acids is 2. The fourth-order valence-electron chi connectivity index (χ4n) is 3.17. The number of aromatic nitrogens is 2. The van der Waals surface area contributed by atoms with E-state index in [0.29, 0.717) is 19.5 Å². The van der Waals surface area contributed by atoms with Gasteiger partial charge in [0.25, 0.3) is 0 Å². The van der Waals surface area contributed by atoms with Gasteiger partial charge in [0.1, 0.15) is 11.6 Å². The molecule has 1 aromatic heterocycles. The Labute approximate surface area is 152 Å². The molecular weight excluding hydrogens is 332 g/mol. The maximum absolute atomic E-state index is 12.6. The number of imidazole rings is 1. The van der Waals surface area contributed by atoms with Gasteiger partial charge in [-0.15, -0.1) is 0 Å². The Balaban J connectivity index is 1.56. The van der Waals surface area contributed by atoms with Gasteiger partial charge in [-0.3, -0.25) is 9.59 Å². The first-order valence-corrected chi connectivity index (χ1v) is 8.74. The molecule has 7 heteroatoms. The van der Waals surface area contributed by atoms with Crippen LogP contribution in [0, 0.1) is 0 Å². The van der Waals surface area contributed by atoms with Crippen molar-refractivity contribution in [2.75, 3.05) is 20.2 Å². The molecule has 1 aliphatic heterocycles. The van der Waals surface area contributed by atoms with Crippen LogP contribution in [0.25, 0.3) is 0 Å². The maximum Gasteiger partial charge on any atom is 0.227 e. The smallest absolute Gasteiger partial charge is 0.227 e. The molecule has 26 heavy (non-hydrogen) atoms. The third kappa shape index (κ3) is 4.41. The van der Waals surface area contributed by atoms with Gasteiger partial charge in [-0.1, -0.05) is 12.1 Å². The van der Waals surface area contributed by atoms with Crippen molar-refractivity contribution in [3.63, 3.8) is 0 Å². The minimum absolute atomic E-state index is 0.0728. The average molecular weight is 356 g/mol. The molecule has 2 N–H and O–H groups in total. The Morgan fingerprint density at radius 1 is 1.42 bits per heavy atom. The predicted molar refractivity (Wildman–Crippen MR) is 96.7 cm³/mol. The number of benzene rings is 1. The number of nitrogens with one attached hydrogen (secondary N) is 2. The third-order valence-electron chi connectivity index (χ3n) is 4.59. The Hall–Kier alpha value is -2.83. The Bertz CT molecular complexity index is 787. The van der Waals surface area contributed by atoms with Gasteiger partial charge in [0.05, 0.1) is 32.0 Å². The van der Waals surface area contributed by atoms with Crippen molar-refractivity contribution in [3.05, 3.63) is 47.5 Å². The van der Waals surface area contributed by atoms with E-state index in [9.17, 15) is 9.59 Å². The minimum Gasteiger partial charge on any atom is -0.497 e. The average Bonchev–Trinajstić information content (AvgIpc) is 3.29. The first-order chi connectivity index (χ1) is 12.5. The molecule has 0 bridgehead atoms. The number of aromatic amines is 1. The predicted octanol–water partition coefficient (Wildman–Crippen LogP) is 1.61. The standard InChI is InChI=1S/C19H24N4O3/c1-13(24)20-10-16-11-21-19(22-16)15-6-7-23(12-15)18(25)9-14-4-3-5-17(8-14)26-2/h3-5,8,11,15H,6-7,9-10,12H2,1-2H3,(H,20,24)(H,21,22). The Kier molecular flexibility index (Phi) is 5.55. The van der Waals surface area contributed by atoms with Crippen molar-refractivity contribution < 1.29 is 14.3 Å². The van der Waals surface area contributed by atoms with Gasteiger partial charge in [-0.2, -0.15) is 0 Å². The molecule has 0 spiro atoms. The summed E-state index contributed by atoms with van der Waals surface area (Å²) in [6.07, 6.45) is 3.00. The third-order valence-corrected chi connectivity index (χ3v) is 4.59. The van der Waals surface area contributed by atoms with Crippen molar-refractivity contribution in [2.45, 2.75) is 32.2 Å². The minimum atomic E-state index is -0.0728. The van der Waals surface area contributed by atoms with E-state index in [-0.39, 0.29) is 17.7 Å². The van der Waals surface area contributed by atoms with Crippen molar-refractivity contribution in [1.29, 1.82) is 0 Å². The van der Waals surface area contributed by atoms with E-state index < -0.39 is 0 Å². The molecule has 3 rings (SSSR count). The second-order valence-electron chi connectivity index (χ2n) is 6.56. The molecule has 2 amide bonds. The molecule has 1 saturated heterocycles. The van der Waals surface area contributed by atoms with E-state index in [1.165, 1.54) is 6.92 Å². The fraction of sp³-hybridized carbons (Fsp3) is 0.421. The van der Waals surface area contributed by atoms with Crippen LogP contribution in [0.4, 0.5) is 0 Å². The number of ether oxygens (including phenoxy) is 1. The van der Waals surface area contributed by atoms with E-state index in [2.05, 4.69) is 15.3 Å². The second kappa shape index (κ2) is 8.03. The van der Waals surface area contributed by atoms with Crippen LogP contribution in [-0.2, 0) is 22.6 Å². The molecular formula is C19H24N4O3. The lowest BCUT2D eigenvalue weighted by Crippen LogP contribution is -2.30. The van der Waals surface area contributed by atoms with Crippen molar-refractivity contribution in [3.8, 4) is 5.75 Å². The zero-order valence-corrected chi connectivity index (χ0v) is 15.1. The molecule has 2 aromatic rings. The normalized spacial score (nSPS) is 16.5. The van der Waals surface area contributed by atoms with E-state index in [4.69, 9.17) is 4.74 Å². The number of hydrogen-bond donors (Lipinski definition) is 2. The zero-order valence-electron chi connectivity index (χ0n) is 15.1. The summed E-state index contributed by atoms with van der Waals surface area (Å²) in [4.78, 5) is 33.1. The molecule has 1 unspecified atom stereocenters. The molecule has 1 aliphatic rings. The summed E-state index contributed by atoms with van der Waals surface area (Å²) in [6.45, 7) is 3.32. The molecule has 1 aromatic carbocycles. The van der Waals surface area contributed by atoms with Gasteiger partial charge >= 0.3 is 0 Å². The first kappa shape index (κ1) is 18.0. The summed E-state index contributed by atoms with van der Waals surface area (Å²) >= 11 is 0. The van der Waals surface area contributed by atoms with Crippen molar-refractivity contribution in [1.82, 2.24) is 20.2 Å². The van der Waals surface area contributed by atoms with Crippen LogP contribution in [-0.4, -0.2) is 46.9 Å².